The molecule has 0 aromatic carbocycles. The number of hydrogen-bond donors (Lipinski definition) is 5. The topological polar surface area (TPSA) is 136 Å². The summed E-state index contributed by atoms with van der Waals surface area (Å²) in [6, 6.07) is -1.89. The summed E-state index contributed by atoms with van der Waals surface area (Å²) in [6.45, 7) is 1.77. The number of carboxylic acids is 1. The molecule has 0 saturated heterocycles. The van der Waals surface area contributed by atoms with Gasteiger partial charge in [0.25, 0.3) is 0 Å². The number of hydrogen-bond acceptors (Lipinski definition) is 4. The summed E-state index contributed by atoms with van der Waals surface area (Å²) in [5.41, 5.74) is 1.43. The van der Waals surface area contributed by atoms with Crippen molar-refractivity contribution in [2.24, 2.45) is 0 Å². The highest BCUT2D eigenvalue weighted by Gasteiger charge is 2.22. The fourth-order valence-corrected chi connectivity index (χ4v) is 1.79. The number of aromatic nitrogens is 4. The zero-order chi connectivity index (χ0) is 15.2. The molecule has 2 aromatic rings. The molecule has 0 spiro atoms. The molecule has 21 heavy (non-hydrogen) atoms. The van der Waals surface area contributed by atoms with Crippen LogP contribution >= 0.6 is 0 Å². The fraction of sp³-hybridized carbons (Fsp3) is 0.333. The average Bonchev–Trinajstić information content (AvgIpc) is 3.10. The van der Waals surface area contributed by atoms with Gasteiger partial charge in [0.05, 0.1) is 18.6 Å². The van der Waals surface area contributed by atoms with Crippen molar-refractivity contribution < 1.29 is 14.7 Å². The molecule has 0 aliphatic heterocycles. The van der Waals surface area contributed by atoms with Crippen LogP contribution in [-0.4, -0.2) is 43.3 Å². The number of carbonyl (C=O) groups excluding carboxylic acids is 1. The van der Waals surface area contributed by atoms with Crippen LogP contribution in [0.3, 0.4) is 0 Å². The number of carboxylic acid groups (broad SMARTS) is 1. The number of carbonyl (C=O) groups is 2. The lowest BCUT2D eigenvalue weighted by molar-refractivity contribution is -0.139. The second kappa shape index (κ2) is 6.55. The Labute approximate surface area is 120 Å². The van der Waals surface area contributed by atoms with Crippen LogP contribution in [0.2, 0.25) is 0 Å². The third-order valence-electron chi connectivity index (χ3n) is 2.95. The van der Waals surface area contributed by atoms with Crippen molar-refractivity contribution in [3.8, 4) is 0 Å². The first-order valence-corrected chi connectivity index (χ1v) is 6.32. The molecule has 2 rings (SSSR count). The number of nitrogens with one attached hydrogen (secondary N) is 4. The van der Waals surface area contributed by atoms with Gasteiger partial charge < -0.3 is 20.7 Å². The maximum absolute atomic E-state index is 11.9. The monoisotopic (exact) mass is 292 g/mol. The first-order valence-electron chi connectivity index (χ1n) is 6.32. The molecule has 0 saturated carbocycles. The quantitative estimate of drug-likeness (QED) is 0.517. The number of rotatable bonds is 6. The van der Waals surface area contributed by atoms with Gasteiger partial charge >= 0.3 is 12.0 Å². The lowest BCUT2D eigenvalue weighted by Gasteiger charge is -2.17. The predicted octanol–water partition coefficient (Wildman–Crippen LogP) is 0.189. The van der Waals surface area contributed by atoms with E-state index in [1.807, 2.05) is 0 Å². The Bertz CT molecular complexity index is 580. The van der Waals surface area contributed by atoms with E-state index in [-0.39, 0.29) is 12.5 Å². The van der Waals surface area contributed by atoms with Crippen molar-refractivity contribution in [3.63, 3.8) is 0 Å². The van der Waals surface area contributed by atoms with Gasteiger partial charge in [-0.3, -0.25) is 5.10 Å². The number of aromatic amines is 2. The van der Waals surface area contributed by atoms with Crippen molar-refractivity contribution in [1.29, 1.82) is 0 Å². The van der Waals surface area contributed by atoms with E-state index in [2.05, 4.69) is 30.8 Å². The molecule has 9 nitrogen and oxygen atoms in total. The highest BCUT2D eigenvalue weighted by Crippen LogP contribution is 2.08. The maximum Gasteiger partial charge on any atom is 0.326 e. The number of imidazole rings is 1. The van der Waals surface area contributed by atoms with Gasteiger partial charge in [-0.1, -0.05) is 0 Å². The molecule has 2 aromatic heterocycles. The standard InChI is InChI=1S/C12H16N6O3/c1-7(8-3-15-16-4-8)17-12(21)18-10(11(19)20)2-9-5-13-6-14-9/h3-7,10H,2H2,1H3,(H,13,14)(H,15,16)(H,19,20)(H2,17,18,21). The van der Waals surface area contributed by atoms with E-state index < -0.39 is 18.0 Å². The lowest BCUT2D eigenvalue weighted by atomic mass is 10.1. The third kappa shape index (κ3) is 4.06. The van der Waals surface area contributed by atoms with Gasteiger partial charge in [-0.15, -0.1) is 0 Å². The molecular formula is C12H16N6O3. The van der Waals surface area contributed by atoms with Gasteiger partial charge in [-0.2, -0.15) is 5.10 Å². The van der Waals surface area contributed by atoms with Crippen molar-refractivity contribution in [1.82, 2.24) is 30.8 Å². The SMILES string of the molecule is CC(NC(=O)NC(Cc1cnc[nH]1)C(=O)O)c1cn[nH]c1. The summed E-state index contributed by atoms with van der Waals surface area (Å²) in [7, 11) is 0. The number of amides is 2. The van der Waals surface area contributed by atoms with Crippen molar-refractivity contribution in [2.45, 2.75) is 25.4 Å². The van der Waals surface area contributed by atoms with Crippen LogP contribution in [0, 0.1) is 0 Å². The smallest absolute Gasteiger partial charge is 0.326 e. The Morgan fingerprint density at radius 1 is 1.38 bits per heavy atom. The number of aliphatic carboxylic acids is 1. The molecule has 112 valence electrons. The van der Waals surface area contributed by atoms with E-state index in [0.29, 0.717) is 5.69 Å². The Morgan fingerprint density at radius 3 is 2.76 bits per heavy atom. The summed E-state index contributed by atoms with van der Waals surface area (Å²) in [5, 5.41) is 20.6. The van der Waals surface area contributed by atoms with E-state index in [4.69, 9.17) is 5.11 Å². The Hall–Kier alpha value is -2.84. The van der Waals surface area contributed by atoms with Gasteiger partial charge in [0.1, 0.15) is 6.04 Å². The van der Waals surface area contributed by atoms with Crippen LogP contribution in [0.4, 0.5) is 4.79 Å². The van der Waals surface area contributed by atoms with Gasteiger partial charge in [-0.05, 0) is 6.92 Å². The predicted molar refractivity (Wildman–Crippen MR) is 72.4 cm³/mol. The number of nitrogens with zero attached hydrogens (tertiary/aromatic N) is 2. The zero-order valence-corrected chi connectivity index (χ0v) is 11.3. The molecule has 2 amide bonds. The number of urea groups is 1. The van der Waals surface area contributed by atoms with Crippen molar-refractivity contribution >= 4 is 12.0 Å². The van der Waals surface area contributed by atoms with Gasteiger partial charge in [0.15, 0.2) is 0 Å². The van der Waals surface area contributed by atoms with Crippen molar-refractivity contribution in [3.05, 3.63) is 36.2 Å². The molecule has 5 N–H and O–H groups in total. The highest BCUT2D eigenvalue weighted by molar-refractivity contribution is 5.82. The summed E-state index contributed by atoms with van der Waals surface area (Å²) >= 11 is 0. The minimum atomic E-state index is -1.12. The second-order valence-electron chi connectivity index (χ2n) is 4.54. The van der Waals surface area contributed by atoms with E-state index in [1.165, 1.54) is 12.5 Å². The maximum atomic E-state index is 11.9. The molecule has 0 aliphatic rings. The van der Waals surface area contributed by atoms with E-state index in [9.17, 15) is 9.59 Å². The van der Waals surface area contributed by atoms with Crippen molar-refractivity contribution in [2.75, 3.05) is 0 Å². The minimum absolute atomic E-state index is 0.128. The minimum Gasteiger partial charge on any atom is -0.480 e. The zero-order valence-electron chi connectivity index (χ0n) is 11.3. The Kier molecular flexibility index (Phi) is 4.54. The van der Waals surface area contributed by atoms with Crippen LogP contribution < -0.4 is 10.6 Å². The van der Waals surface area contributed by atoms with E-state index in [0.717, 1.165) is 5.56 Å². The molecule has 0 bridgehead atoms. The molecule has 9 heteroatoms. The molecule has 0 radical (unpaired) electrons. The molecule has 0 fully saturated rings. The number of H-pyrrole nitrogens is 2. The van der Waals surface area contributed by atoms with Crippen LogP contribution in [0.15, 0.2) is 24.9 Å². The van der Waals surface area contributed by atoms with Crippen LogP contribution in [-0.2, 0) is 11.2 Å². The normalized spacial score (nSPS) is 13.4. The van der Waals surface area contributed by atoms with Gasteiger partial charge in [0, 0.05) is 30.1 Å². The summed E-state index contributed by atoms with van der Waals surface area (Å²) in [5.74, 6) is -1.12. The summed E-state index contributed by atoms with van der Waals surface area (Å²) < 4.78 is 0. The second-order valence-corrected chi connectivity index (χ2v) is 4.54. The first-order chi connectivity index (χ1) is 10.1. The molecular weight excluding hydrogens is 276 g/mol. The highest BCUT2D eigenvalue weighted by atomic mass is 16.4. The third-order valence-corrected chi connectivity index (χ3v) is 2.95. The molecule has 2 heterocycles. The fourth-order valence-electron chi connectivity index (χ4n) is 1.79. The molecule has 2 unspecified atom stereocenters. The van der Waals surface area contributed by atoms with Crippen LogP contribution in [0.5, 0.6) is 0 Å². The first kappa shape index (κ1) is 14.6. The Balaban J connectivity index is 1.90. The Morgan fingerprint density at radius 2 is 2.19 bits per heavy atom. The lowest BCUT2D eigenvalue weighted by Crippen LogP contribution is -2.47. The van der Waals surface area contributed by atoms with Gasteiger partial charge in [0.2, 0.25) is 0 Å². The largest absolute Gasteiger partial charge is 0.480 e. The average molecular weight is 292 g/mol. The van der Waals surface area contributed by atoms with Gasteiger partial charge in [-0.25, -0.2) is 14.6 Å². The van der Waals surface area contributed by atoms with E-state index in [1.54, 1.807) is 19.3 Å². The summed E-state index contributed by atoms with van der Waals surface area (Å²) in [4.78, 5) is 29.6. The van der Waals surface area contributed by atoms with Crippen LogP contribution in [0.1, 0.15) is 24.2 Å². The summed E-state index contributed by atoms with van der Waals surface area (Å²) in [6.07, 6.45) is 6.34. The van der Waals surface area contributed by atoms with Crippen LogP contribution in [0.25, 0.3) is 0 Å². The molecule has 2 atom stereocenters. The van der Waals surface area contributed by atoms with E-state index >= 15 is 0 Å². The molecule has 0 aliphatic carbocycles.